The Balaban J connectivity index is 1.82. The van der Waals surface area contributed by atoms with Gasteiger partial charge in [0.2, 0.25) is 11.8 Å². The summed E-state index contributed by atoms with van der Waals surface area (Å²) in [6.07, 6.45) is 4.67. The molecule has 4 atom stereocenters. The SMILES string of the molecule is O=C1[C@@H]2[C@@H](C(=O)N1c1cc([N+](=O)[O-])cc(Cl)c1O)[C@H]1C=C[C@@H]2C1. The molecule has 7 nitrogen and oxygen atoms in total. The van der Waals surface area contributed by atoms with E-state index in [1.165, 1.54) is 0 Å². The number of imide groups is 1. The topological polar surface area (TPSA) is 101 Å². The zero-order valence-corrected chi connectivity index (χ0v) is 12.4. The van der Waals surface area contributed by atoms with Crippen LogP contribution in [0.2, 0.25) is 5.02 Å². The van der Waals surface area contributed by atoms with Crippen LogP contribution in [0, 0.1) is 33.8 Å². The molecule has 3 aliphatic rings. The van der Waals surface area contributed by atoms with Gasteiger partial charge < -0.3 is 5.11 Å². The van der Waals surface area contributed by atoms with Crippen LogP contribution in [-0.4, -0.2) is 21.8 Å². The van der Waals surface area contributed by atoms with E-state index in [9.17, 15) is 24.8 Å². The third kappa shape index (κ3) is 1.77. The van der Waals surface area contributed by atoms with E-state index in [1.807, 2.05) is 12.2 Å². The standard InChI is InChI=1S/C15H11ClN2O5/c16-9-4-8(18(22)23)5-10(13(9)19)17-14(20)11-6-1-2-7(3-6)12(11)15(17)21/h1-2,4-7,11-12,19H,3H2/t6-,7+,11-,12-/m0/s1. The number of benzene rings is 1. The number of phenolic OH excluding ortho intramolecular Hbond substituents is 1. The fourth-order valence-corrected chi connectivity index (χ4v) is 4.19. The molecule has 23 heavy (non-hydrogen) atoms. The molecule has 1 N–H and O–H groups in total. The van der Waals surface area contributed by atoms with E-state index in [0.717, 1.165) is 23.5 Å². The second-order valence-electron chi connectivity index (χ2n) is 6.06. The number of carbonyl (C=O) groups excluding carboxylic acids is 2. The van der Waals surface area contributed by atoms with E-state index in [4.69, 9.17) is 11.6 Å². The van der Waals surface area contributed by atoms with Gasteiger partial charge in [-0.1, -0.05) is 23.8 Å². The largest absolute Gasteiger partial charge is 0.504 e. The van der Waals surface area contributed by atoms with Gasteiger partial charge in [0, 0.05) is 12.1 Å². The molecule has 2 bridgehead atoms. The lowest BCUT2D eigenvalue weighted by Crippen LogP contribution is -2.33. The van der Waals surface area contributed by atoms with E-state index in [2.05, 4.69) is 0 Å². The van der Waals surface area contributed by atoms with Gasteiger partial charge in [0.1, 0.15) is 5.69 Å². The van der Waals surface area contributed by atoms with Crippen LogP contribution in [0.25, 0.3) is 0 Å². The van der Waals surface area contributed by atoms with Crippen molar-refractivity contribution < 1.29 is 19.6 Å². The molecular formula is C15H11ClN2O5. The highest BCUT2D eigenvalue weighted by molar-refractivity contribution is 6.33. The lowest BCUT2D eigenvalue weighted by molar-refractivity contribution is -0.384. The van der Waals surface area contributed by atoms with Crippen molar-refractivity contribution in [2.75, 3.05) is 4.90 Å². The first-order chi connectivity index (χ1) is 10.9. The smallest absolute Gasteiger partial charge is 0.273 e. The van der Waals surface area contributed by atoms with Gasteiger partial charge in [-0.15, -0.1) is 0 Å². The number of non-ortho nitro benzene ring substituents is 1. The molecule has 2 fully saturated rings. The second-order valence-corrected chi connectivity index (χ2v) is 6.47. The van der Waals surface area contributed by atoms with Crippen molar-refractivity contribution in [2.24, 2.45) is 23.7 Å². The number of hydrogen-bond donors (Lipinski definition) is 1. The Morgan fingerprint density at radius 3 is 2.26 bits per heavy atom. The molecule has 0 aromatic heterocycles. The lowest BCUT2D eigenvalue weighted by atomic mass is 9.85. The number of fused-ring (bicyclic) bond motifs is 5. The summed E-state index contributed by atoms with van der Waals surface area (Å²) in [4.78, 5) is 36.5. The molecule has 1 aromatic carbocycles. The highest BCUT2D eigenvalue weighted by Crippen LogP contribution is 2.54. The molecule has 1 aromatic rings. The van der Waals surface area contributed by atoms with Crippen molar-refractivity contribution in [2.45, 2.75) is 6.42 Å². The van der Waals surface area contributed by atoms with Gasteiger partial charge in [-0.2, -0.15) is 0 Å². The molecular weight excluding hydrogens is 324 g/mol. The number of nitro benzene ring substituents is 1. The van der Waals surface area contributed by atoms with Gasteiger partial charge in [-0.3, -0.25) is 19.7 Å². The molecule has 0 radical (unpaired) electrons. The Morgan fingerprint density at radius 2 is 1.74 bits per heavy atom. The van der Waals surface area contributed by atoms with Crippen molar-refractivity contribution in [1.29, 1.82) is 0 Å². The van der Waals surface area contributed by atoms with Crippen LogP contribution >= 0.6 is 11.6 Å². The van der Waals surface area contributed by atoms with Crippen molar-refractivity contribution in [3.8, 4) is 5.75 Å². The zero-order valence-electron chi connectivity index (χ0n) is 11.7. The van der Waals surface area contributed by atoms with Gasteiger partial charge in [-0.05, 0) is 18.3 Å². The molecule has 0 unspecified atom stereocenters. The van der Waals surface area contributed by atoms with Gasteiger partial charge in [0.25, 0.3) is 5.69 Å². The van der Waals surface area contributed by atoms with Crippen LogP contribution in [0.1, 0.15) is 6.42 Å². The van der Waals surface area contributed by atoms with Crippen LogP contribution in [0.4, 0.5) is 11.4 Å². The number of hydrogen-bond acceptors (Lipinski definition) is 5. The van der Waals surface area contributed by atoms with Crippen LogP contribution in [-0.2, 0) is 9.59 Å². The van der Waals surface area contributed by atoms with E-state index in [0.29, 0.717) is 0 Å². The highest BCUT2D eigenvalue weighted by atomic mass is 35.5. The summed E-state index contributed by atoms with van der Waals surface area (Å²) in [7, 11) is 0. The van der Waals surface area contributed by atoms with Crippen molar-refractivity contribution in [3.63, 3.8) is 0 Å². The summed E-state index contributed by atoms with van der Waals surface area (Å²) in [6, 6.07) is 1.99. The van der Waals surface area contributed by atoms with Crippen molar-refractivity contribution in [3.05, 3.63) is 39.4 Å². The third-order valence-corrected chi connectivity index (χ3v) is 5.24. The number of allylic oxidation sites excluding steroid dienone is 2. The maximum atomic E-state index is 12.7. The van der Waals surface area contributed by atoms with Gasteiger partial charge in [0.15, 0.2) is 5.75 Å². The fraction of sp³-hybridized carbons (Fsp3) is 0.333. The molecule has 2 amide bonds. The highest BCUT2D eigenvalue weighted by Gasteiger charge is 2.60. The average Bonchev–Trinajstić information content (AvgIpc) is 3.17. The Bertz CT molecular complexity index is 775. The van der Waals surface area contributed by atoms with Gasteiger partial charge in [0.05, 0.1) is 21.8 Å². The summed E-state index contributed by atoms with van der Waals surface area (Å²) in [6.45, 7) is 0. The second kappa shape index (κ2) is 4.55. The monoisotopic (exact) mass is 334 g/mol. The molecule has 2 aliphatic carbocycles. The molecule has 1 heterocycles. The summed E-state index contributed by atoms with van der Waals surface area (Å²) < 4.78 is 0. The third-order valence-electron chi connectivity index (χ3n) is 4.95. The minimum atomic E-state index is -0.689. The predicted molar refractivity (Wildman–Crippen MR) is 80.0 cm³/mol. The number of carbonyl (C=O) groups is 2. The first-order valence-corrected chi connectivity index (χ1v) is 7.51. The van der Waals surface area contributed by atoms with E-state index in [-0.39, 0.29) is 28.2 Å². The minimum Gasteiger partial charge on any atom is -0.504 e. The molecule has 0 spiro atoms. The lowest BCUT2D eigenvalue weighted by Gasteiger charge is -2.18. The predicted octanol–water partition coefficient (Wildman–Crippen LogP) is 2.27. The summed E-state index contributed by atoms with van der Waals surface area (Å²) >= 11 is 5.81. The molecule has 1 saturated heterocycles. The van der Waals surface area contributed by atoms with Crippen LogP contribution < -0.4 is 4.90 Å². The van der Waals surface area contributed by atoms with Gasteiger partial charge in [-0.25, -0.2) is 4.90 Å². The maximum absolute atomic E-state index is 12.7. The normalized spacial score (nSPS) is 31.1. The van der Waals surface area contributed by atoms with Gasteiger partial charge >= 0.3 is 0 Å². The number of anilines is 1. The number of nitro groups is 1. The average molecular weight is 335 g/mol. The maximum Gasteiger partial charge on any atom is 0.273 e. The quantitative estimate of drug-likeness (QED) is 0.387. The number of halogens is 1. The summed E-state index contributed by atoms with van der Waals surface area (Å²) in [5, 5.41) is 20.8. The molecule has 1 saturated carbocycles. The Kier molecular flexibility index (Phi) is 2.81. The minimum absolute atomic E-state index is 0.0164. The number of phenols is 1. The van der Waals surface area contributed by atoms with Crippen LogP contribution in [0.3, 0.4) is 0 Å². The number of amides is 2. The zero-order chi connectivity index (χ0) is 16.5. The van der Waals surface area contributed by atoms with Crippen LogP contribution in [0.15, 0.2) is 24.3 Å². The molecule has 8 heteroatoms. The Hall–Kier alpha value is -2.41. The molecule has 1 aliphatic heterocycles. The number of rotatable bonds is 2. The fourth-order valence-electron chi connectivity index (χ4n) is 3.99. The molecule has 4 rings (SSSR count). The first-order valence-electron chi connectivity index (χ1n) is 7.13. The van der Waals surface area contributed by atoms with Crippen LogP contribution in [0.5, 0.6) is 5.75 Å². The summed E-state index contributed by atoms with van der Waals surface area (Å²) in [5.41, 5.74) is -0.602. The van der Waals surface area contributed by atoms with Crippen molar-refractivity contribution >= 4 is 34.8 Å². The van der Waals surface area contributed by atoms with Crippen molar-refractivity contribution in [1.82, 2.24) is 0 Å². The Labute approximate surface area is 135 Å². The van der Waals surface area contributed by atoms with E-state index in [1.54, 1.807) is 0 Å². The summed E-state index contributed by atoms with van der Waals surface area (Å²) in [5.74, 6) is -2.22. The Morgan fingerprint density at radius 1 is 1.17 bits per heavy atom. The molecule has 118 valence electrons. The van der Waals surface area contributed by atoms with E-state index >= 15 is 0 Å². The van der Waals surface area contributed by atoms with E-state index < -0.39 is 34.3 Å². The number of nitrogens with zero attached hydrogens (tertiary/aromatic N) is 2. The number of aromatic hydroxyl groups is 1. The first kappa shape index (κ1) is 14.2.